The lowest BCUT2D eigenvalue weighted by Crippen LogP contribution is -2.21. The Balaban J connectivity index is 1.94. The molecule has 0 saturated heterocycles. The van der Waals surface area contributed by atoms with Gasteiger partial charge < -0.3 is 15.2 Å². The Kier molecular flexibility index (Phi) is 4.74. The van der Waals surface area contributed by atoms with Crippen molar-refractivity contribution >= 4 is 11.7 Å². The van der Waals surface area contributed by atoms with Crippen molar-refractivity contribution in [2.24, 2.45) is 11.8 Å². The second-order valence-electron chi connectivity index (χ2n) is 4.94. The first kappa shape index (κ1) is 13.8. The Morgan fingerprint density at radius 3 is 3.05 bits per heavy atom. The van der Waals surface area contributed by atoms with E-state index in [4.69, 9.17) is 0 Å². The second-order valence-corrected chi connectivity index (χ2v) is 4.94. The molecule has 0 amide bonds. The van der Waals surface area contributed by atoms with Gasteiger partial charge in [0.05, 0.1) is 7.11 Å². The summed E-state index contributed by atoms with van der Waals surface area (Å²) < 4.78 is 4.64. The summed E-state index contributed by atoms with van der Waals surface area (Å²) in [6, 6.07) is 3.52. The number of pyridine rings is 1. The summed E-state index contributed by atoms with van der Waals surface area (Å²) in [6.07, 6.45) is 5.02. The Bertz CT molecular complexity index is 436. The quantitative estimate of drug-likeness (QED) is 0.792. The number of carbonyl (C=O) groups is 1. The molecule has 0 bridgehead atoms. The number of methoxy groups -OCH3 is 1. The van der Waals surface area contributed by atoms with Gasteiger partial charge in [0, 0.05) is 25.0 Å². The molecule has 19 heavy (non-hydrogen) atoms. The third-order valence-corrected chi connectivity index (χ3v) is 3.77. The molecule has 0 spiro atoms. The van der Waals surface area contributed by atoms with E-state index in [1.807, 2.05) is 6.07 Å². The van der Waals surface area contributed by atoms with Gasteiger partial charge in [0.1, 0.15) is 5.69 Å². The molecule has 1 aliphatic carbocycles. The van der Waals surface area contributed by atoms with Crippen LogP contribution in [0.3, 0.4) is 0 Å². The molecule has 1 aliphatic rings. The zero-order valence-corrected chi connectivity index (χ0v) is 11.1. The number of aliphatic hydroxyl groups is 1. The third kappa shape index (κ3) is 3.44. The highest BCUT2D eigenvalue weighted by Crippen LogP contribution is 2.31. The number of hydrogen-bond acceptors (Lipinski definition) is 5. The number of nitrogens with one attached hydrogen (secondary N) is 1. The zero-order chi connectivity index (χ0) is 13.7. The first-order valence-corrected chi connectivity index (χ1v) is 6.63. The average molecular weight is 264 g/mol. The van der Waals surface area contributed by atoms with Crippen LogP contribution in [0.5, 0.6) is 0 Å². The fraction of sp³-hybridized carbons (Fsp3) is 0.571. The van der Waals surface area contributed by atoms with Crippen LogP contribution in [0.2, 0.25) is 0 Å². The zero-order valence-electron chi connectivity index (χ0n) is 11.1. The van der Waals surface area contributed by atoms with Crippen molar-refractivity contribution in [3.05, 3.63) is 24.0 Å². The van der Waals surface area contributed by atoms with Crippen molar-refractivity contribution in [1.82, 2.24) is 4.98 Å². The van der Waals surface area contributed by atoms with Gasteiger partial charge in [-0.3, -0.25) is 0 Å². The van der Waals surface area contributed by atoms with Crippen LogP contribution in [-0.2, 0) is 4.74 Å². The number of ether oxygens (including phenoxy) is 1. The molecule has 104 valence electrons. The fourth-order valence-corrected chi connectivity index (χ4v) is 2.63. The molecular weight excluding hydrogens is 244 g/mol. The minimum absolute atomic E-state index is 0.260. The molecule has 5 nitrogen and oxygen atoms in total. The van der Waals surface area contributed by atoms with E-state index in [-0.39, 0.29) is 6.61 Å². The number of esters is 1. The number of aliphatic hydroxyl groups excluding tert-OH is 1. The maximum atomic E-state index is 11.4. The molecule has 1 heterocycles. The van der Waals surface area contributed by atoms with Crippen molar-refractivity contribution < 1.29 is 14.6 Å². The third-order valence-electron chi connectivity index (χ3n) is 3.77. The molecule has 5 heteroatoms. The number of nitrogens with zero attached hydrogens (tertiary/aromatic N) is 1. The summed E-state index contributed by atoms with van der Waals surface area (Å²) in [4.78, 5) is 15.3. The van der Waals surface area contributed by atoms with Gasteiger partial charge in [-0.2, -0.15) is 0 Å². The van der Waals surface area contributed by atoms with E-state index in [0.29, 0.717) is 17.5 Å². The topological polar surface area (TPSA) is 71.5 Å². The summed E-state index contributed by atoms with van der Waals surface area (Å²) in [6.45, 7) is 1.08. The van der Waals surface area contributed by atoms with Gasteiger partial charge in [-0.15, -0.1) is 0 Å². The summed E-state index contributed by atoms with van der Waals surface area (Å²) in [5.74, 6) is 0.465. The molecule has 0 aromatic carbocycles. The van der Waals surface area contributed by atoms with Crippen LogP contribution in [-0.4, -0.2) is 36.3 Å². The maximum Gasteiger partial charge on any atom is 0.356 e. The predicted octanol–water partition coefficient (Wildman–Crippen LogP) is 1.69. The van der Waals surface area contributed by atoms with Crippen LogP contribution in [0, 0.1) is 11.8 Å². The van der Waals surface area contributed by atoms with Crippen LogP contribution in [0.15, 0.2) is 18.3 Å². The van der Waals surface area contributed by atoms with Gasteiger partial charge in [-0.25, -0.2) is 9.78 Å². The Morgan fingerprint density at radius 2 is 2.32 bits per heavy atom. The lowest BCUT2D eigenvalue weighted by atomic mass is 9.97. The highest BCUT2D eigenvalue weighted by molar-refractivity contribution is 5.88. The molecule has 0 radical (unpaired) electrons. The first-order chi connectivity index (χ1) is 9.24. The normalized spacial score (nSPS) is 22.2. The fourth-order valence-electron chi connectivity index (χ4n) is 2.63. The summed E-state index contributed by atoms with van der Waals surface area (Å²) in [7, 11) is 1.34. The lowest BCUT2D eigenvalue weighted by Gasteiger charge is -2.18. The lowest BCUT2D eigenvalue weighted by molar-refractivity contribution is 0.0594. The van der Waals surface area contributed by atoms with E-state index in [1.165, 1.54) is 13.5 Å². The number of carbonyl (C=O) groups excluding carboxylic acids is 1. The van der Waals surface area contributed by atoms with Gasteiger partial charge in [0.25, 0.3) is 0 Å². The van der Waals surface area contributed by atoms with Gasteiger partial charge in [0.15, 0.2) is 0 Å². The summed E-state index contributed by atoms with van der Waals surface area (Å²) in [5, 5.41) is 12.6. The van der Waals surface area contributed by atoms with Gasteiger partial charge >= 0.3 is 5.97 Å². The molecule has 2 atom stereocenters. The largest absolute Gasteiger partial charge is 0.464 e. The van der Waals surface area contributed by atoms with E-state index >= 15 is 0 Å². The van der Waals surface area contributed by atoms with Crippen molar-refractivity contribution in [3.63, 3.8) is 0 Å². The van der Waals surface area contributed by atoms with Crippen molar-refractivity contribution in [3.8, 4) is 0 Å². The van der Waals surface area contributed by atoms with E-state index in [0.717, 1.165) is 25.1 Å². The van der Waals surface area contributed by atoms with Gasteiger partial charge in [0.2, 0.25) is 0 Å². The minimum atomic E-state index is -0.433. The van der Waals surface area contributed by atoms with E-state index < -0.39 is 5.97 Å². The Morgan fingerprint density at radius 1 is 1.53 bits per heavy atom. The van der Waals surface area contributed by atoms with Crippen LogP contribution < -0.4 is 5.32 Å². The van der Waals surface area contributed by atoms with E-state index in [1.54, 1.807) is 12.3 Å². The van der Waals surface area contributed by atoms with Crippen molar-refractivity contribution in [2.45, 2.75) is 19.3 Å². The minimum Gasteiger partial charge on any atom is -0.464 e. The highest BCUT2D eigenvalue weighted by Gasteiger charge is 2.26. The Hall–Kier alpha value is -1.62. The first-order valence-electron chi connectivity index (χ1n) is 6.63. The molecule has 1 aromatic heterocycles. The summed E-state index contributed by atoms with van der Waals surface area (Å²) >= 11 is 0. The van der Waals surface area contributed by atoms with Crippen LogP contribution in [0.25, 0.3) is 0 Å². The predicted molar refractivity (Wildman–Crippen MR) is 72.0 cm³/mol. The van der Waals surface area contributed by atoms with Gasteiger partial charge in [-0.05, 0) is 36.8 Å². The number of aromatic nitrogens is 1. The average Bonchev–Trinajstić information content (AvgIpc) is 2.92. The van der Waals surface area contributed by atoms with Crippen LogP contribution in [0.4, 0.5) is 5.69 Å². The molecule has 2 rings (SSSR count). The SMILES string of the molecule is COC(=O)c1cc(NCC2CCCC2CO)ccn1. The Labute approximate surface area is 113 Å². The molecular formula is C14H20N2O3. The molecule has 1 aromatic rings. The van der Waals surface area contributed by atoms with E-state index in [9.17, 15) is 9.90 Å². The monoisotopic (exact) mass is 264 g/mol. The van der Waals surface area contributed by atoms with Crippen molar-refractivity contribution in [1.29, 1.82) is 0 Å². The number of hydrogen-bond donors (Lipinski definition) is 2. The summed E-state index contributed by atoms with van der Waals surface area (Å²) in [5.41, 5.74) is 1.16. The number of anilines is 1. The maximum absolute atomic E-state index is 11.4. The molecule has 2 N–H and O–H groups in total. The number of rotatable bonds is 5. The van der Waals surface area contributed by atoms with Crippen LogP contribution in [0.1, 0.15) is 29.8 Å². The molecule has 0 aliphatic heterocycles. The second kappa shape index (κ2) is 6.52. The van der Waals surface area contributed by atoms with Crippen molar-refractivity contribution in [2.75, 3.05) is 25.6 Å². The molecule has 1 fully saturated rings. The van der Waals surface area contributed by atoms with Crippen LogP contribution >= 0.6 is 0 Å². The van der Waals surface area contributed by atoms with Gasteiger partial charge in [-0.1, -0.05) is 6.42 Å². The highest BCUT2D eigenvalue weighted by atomic mass is 16.5. The van der Waals surface area contributed by atoms with E-state index in [2.05, 4.69) is 15.0 Å². The smallest absolute Gasteiger partial charge is 0.356 e. The molecule has 1 saturated carbocycles. The molecule has 2 unspecified atom stereocenters. The standard InChI is InChI=1S/C14H20N2O3/c1-19-14(18)13-7-12(5-6-15-13)16-8-10-3-2-4-11(10)9-17/h5-7,10-11,17H,2-4,8-9H2,1H3,(H,15,16).